The van der Waals surface area contributed by atoms with Crippen molar-refractivity contribution in [2.24, 2.45) is 0 Å². The molecule has 2 aromatic carbocycles. The Morgan fingerprint density at radius 2 is 1.59 bits per heavy atom. The van der Waals surface area contributed by atoms with Crippen molar-refractivity contribution in [3.63, 3.8) is 0 Å². The Kier molecular flexibility index (Phi) is 8.09. The summed E-state index contributed by atoms with van der Waals surface area (Å²) in [4.78, 5) is 24.8. The maximum absolute atomic E-state index is 13.2. The number of rotatable bonds is 11. The molecule has 0 amide bonds. The number of carboxylic acids is 1. The Bertz CT molecular complexity index is 1110. The first kappa shape index (κ1) is 23.6. The number of benzene rings is 2. The van der Waals surface area contributed by atoms with Crippen LogP contribution < -0.4 is 5.69 Å². The van der Waals surface area contributed by atoms with Gasteiger partial charge in [-0.3, -0.25) is 9.13 Å². The predicted molar refractivity (Wildman–Crippen MR) is 130 cm³/mol. The van der Waals surface area contributed by atoms with Crippen LogP contribution in [0.1, 0.15) is 73.3 Å². The van der Waals surface area contributed by atoms with E-state index in [1.54, 1.807) is 12.1 Å². The first-order valence-electron chi connectivity index (χ1n) is 11.7. The summed E-state index contributed by atoms with van der Waals surface area (Å²) in [6.07, 6.45) is 6.33. The Hall–Kier alpha value is -3.08. The van der Waals surface area contributed by atoms with Crippen molar-refractivity contribution in [1.82, 2.24) is 9.13 Å². The molecular weight excluding hydrogens is 400 g/mol. The average molecular weight is 435 g/mol. The van der Waals surface area contributed by atoms with Gasteiger partial charge in [-0.25, -0.2) is 9.59 Å². The SMILES string of the molecule is CCCCCn1c(C)c(CCCC)n(Cc2ccc(-c3ccccc3C(=O)O)cc2)c1=O. The molecule has 0 saturated heterocycles. The standard InChI is InChI=1S/C27H34N2O3/c1-4-6-10-18-28-20(3)25(13-7-5-2)29(27(28)32)19-21-14-16-22(17-15-21)23-11-8-9-12-24(23)26(30)31/h8-9,11-12,14-17H,4-7,10,13,18-19H2,1-3H3,(H,30,31). The number of carboxylic acid groups (broad SMARTS) is 1. The maximum atomic E-state index is 13.2. The molecule has 0 fully saturated rings. The molecule has 5 heteroatoms. The molecule has 3 rings (SSSR count). The van der Waals surface area contributed by atoms with Gasteiger partial charge < -0.3 is 5.11 Å². The molecule has 0 unspecified atom stereocenters. The minimum atomic E-state index is -0.934. The van der Waals surface area contributed by atoms with Gasteiger partial charge in [0, 0.05) is 17.9 Å². The lowest BCUT2D eigenvalue weighted by Crippen LogP contribution is -2.26. The lowest BCUT2D eigenvalue weighted by molar-refractivity contribution is 0.0697. The molecule has 1 N–H and O–H groups in total. The number of aromatic carboxylic acids is 1. The zero-order chi connectivity index (χ0) is 23.1. The topological polar surface area (TPSA) is 64.2 Å². The molecular formula is C27H34N2O3. The smallest absolute Gasteiger partial charge is 0.336 e. The zero-order valence-electron chi connectivity index (χ0n) is 19.4. The summed E-state index contributed by atoms with van der Waals surface area (Å²) in [5.74, 6) is -0.934. The van der Waals surface area contributed by atoms with E-state index < -0.39 is 5.97 Å². The number of imidazole rings is 1. The van der Waals surface area contributed by atoms with Gasteiger partial charge >= 0.3 is 11.7 Å². The van der Waals surface area contributed by atoms with Crippen LogP contribution in [-0.2, 0) is 19.5 Å². The van der Waals surface area contributed by atoms with Crippen molar-refractivity contribution in [2.45, 2.75) is 72.4 Å². The number of carbonyl (C=O) groups is 1. The van der Waals surface area contributed by atoms with E-state index in [9.17, 15) is 14.7 Å². The van der Waals surface area contributed by atoms with Gasteiger partial charge in [-0.2, -0.15) is 0 Å². The molecule has 0 radical (unpaired) electrons. The number of unbranched alkanes of at least 4 members (excludes halogenated alkanes) is 3. The fourth-order valence-electron chi connectivity index (χ4n) is 4.26. The fourth-order valence-corrected chi connectivity index (χ4v) is 4.26. The van der Waals surface area contributed by atoms with E-state index >= 15 is 0 Å². The number of hydrogen-bond acceptors (Lipinski definition) is 2. The van der Waals surface area contributed by atoms with E-state index in [0.717, 1.165) is 67.6 Å². The molecule has 0 bridgehead atoms. The van der Waals surface area contributed by atoms with Crippen LogP contribution in [0.15, 0.2) is 53.3 Å². The summed E-state index contributed by atoms with van der Waals surface area (Å²) < 4.78 is 3.87. The zero-order valence-corrected chi connectivity index (χ0v) is 19.4. The molecule has 170 valence electrons. The van der Waals surface area contributed by atoms with Gasteiger partial charge in [0.1, 0.15) is 0 Å². The Balaban J connectivity index is 1.90. The predicted octanol–water partition coefficient (Wildman–Crippen LogP) is 5.90. The molecule has 0 saturated carbocycles. The van der Waals surface area contributed by atoms with Crippen LogP contribution in [0.2, 0.25) is 0 Å². The molecule has 0 aliphatic heterocycles. The highest BCUT2D eigenvalue weighted by Gasteiger charge is 2.17. The second-order valence-electron chi connectivity index (χ2n) is 8.41. The quantitative estimate of drug-likeness (QED) is 0.382. The first-order chi connectivity index (χ1) is 15.5. The third-order valence-corrected chi connectivity index (χ3v) is 6.13. The molecule has 0 aliphatic carbocycles. The minimum Gasteiger partial charge on any atom is -0.478 e. The summed E-state index contributed by atoms with van der Waals surface area (Å²) in [6.45, 7) is 7.71. The van der Waals surface area contributed by atoms with Crippen LogP contribution in [-0.4, -0.2) is 20.2 Å². The molecule has 5 nitrogen and oxygen atoms in total. The van der Waals surface area contributed by atoms with Crippen molar-refractivity contribution < 1.29 is 9.90 Å². The van der Waals surface area contributed by atoms with Crippen molar-refractivity contribution >= 4 is 5.97 Å². The Morgan fingerprint density at radius 3 is 2.25 bits per heavy atom. The van der Waals surface area contributed by atoms with Gasteiger partial charge in [0.25, 0.3) is 0 Å². The van der Waals surface area contributed by atoms with E-state index in [-0.39, 0.29) is 11.3 Å². The Labute approximate surface area is 190 Å². The van der Waals surface area contributed by atoms with Crippen molar-refractivity contribution in [2.75, 3.05) is 0 Å². The van der Waals surface area contributed by atoms with E-state index in [1.165, 1.54) is 0 Å². The molecule has 1 heterocycles. The maximum Gasteiger partial charge on any atom is 0.336 e. The van der Waals surface area contributed by atoms with Crippen LogP contribution in [0.3, 0.4) is 0 Å². The Morgan fingerprint density at radius 1 is 0.906 bits per heavy atom. The largest absolute Gasteiger partial charge is 0.478 e. The monoisotopic (exact) mass is 434 g/mol. The lowest BCUT2D eigenvalue weighted by Gasteiger charge is -2.10. The molecule has 0 atom stereocenters. The molecule has 1 aromatic heterocycles. The summed E-state index contributed by atoms with van der Waals surface area (Å²) in [5.41, 5.74) is 5.18. The summed E-state index contributed by atoms with van der Waals surface area (Å²) >= 11 is 0. The molecule has 0 spiro atoms. The van der Waals surface area contributed by atoms with Crippen molar-refractivity contribution in [3.8, 4) is 11.1 Å². The van der Waals surface area contributed by atoms with Crippen LogP contribution in [0.5, 0.6) is 0 Å². The summed E-state index contributed by atoms with van der Waals surface area (Å²) in [5, 5.41) is 9.47. The second-order valence-corrected chi connectivity index (χ2v) is 8.41. The van der Waals surface area contributed by atoms with E-state index in [0.29, 0.717) is 12.1 Å². The highest BCUT2D eigenvalue weighted by atomic mass is 16.4. The highest BCUT2D eigenvalue weighted by molar-refractivity contribution is 5.95. The molecule has 0 aliphatic rings. The molecule has 3 aromatic rings. The normalized spacial score (nSPS) is 11.1. The lowest BCUT2D eigenvalue weighted by atomic mass is 9.99. The number of nitrogens with zero attached hydrogens (tertiary/aromatic N) is 2. The first-order valence-corrected chi connectivity index (χ1v) is 11.7. The van der Waals surface area contributed by atoms with Gasteiger partial charge in [-0.05, 0) is 48.9 Å². The van der Waals surface area contributed by atoms with Crippen LogP contribution in [0.4, 0.5) is 0 Å². The van der Waals surface area contributed by atoms with Crippen LogP contribution in [0.25, 0.3) is 11.1 Å². The summed E-state index contributed by atoms with van der Waals surface area (Å²) in [6, 6.07) is 14.9. The highest BCUT2D eigenvalue weighted by Crippen LogP contribution is 2.24. The minimum absolute atomic E-state index is 0.0741. The van der Waals surface area contributed by atoms with E-state index in [4.69, 9.17) is 0 Å². The van der Waals surface area contributed by atoms with Gasteiger partial charge in [0.05, 0.1) is 12.1 Å². The van der Waals surface area contributed by atoms with Gasteiger partial charge in [0.15, 0.2) is 0 Å². The number of aromatic nitrogens is 2. The fraction of sp³-hybridized carbons (Fsp3) is 0.407. The molecule has 32 heavy (non-hydrogen) atoms. The van der Waals surface area contributed by atoms with Crippen molar-refractivity contribution in [3.05, 3.63) is 81.5 Å². The van der Waals surface area contributed by atoms with Crippen LogP contribution >= 0.6 is 0 Å². The van der Waals surface area contributed by atoms with Crippen molar-refractivity contribution in [1.29, 1.82) is 0 Å². The second kappa shape index (κ2) is 11.0. The third kappa shape index (κ3) is 5.21. The summed E-state index contributed by atoms with van der Waals surface area (Å²) in [7, 11) is 0. The average Bonchev–Trinajstić information content (AvgIpc) is 3.02. The van der Waals surface area contributed by atoms with E-state index in [1.807, 2.05) is 45.5 Å². The van der Waals surface area contributed by atoms with Gasteiger partial charge in [-0.1, -0.05) is 75.6 Å². The third-order valence-electron chi connectivity index (χ3n) is 6.13. The van der Waals surface area contributed by atoms with Gasteiger partial charge in [0.2, 0.25) is 0 Å². The van der Waals surface area contributed by atoms with Gasteiger partial charge in [-0.15, -0.1) is 0 Å². The van der Waals surface area contributed by atoms with Crippen LogP contribution in [0, 0.1) is 6.92 Å². The number of hydrogen-bond donors (Lipinski definition) is 1. The van der Waals surface area contributed by atoms with E-state index in [2.05, 4.69) is 20.8 Å².